The van der Waals surface area contributed by atoms with Crippen molar-refractivity contribution >= 4 is 5.91 Å². The number of amides is 1. The molecule has 2 heterocycles. The van der Waals surface area contributed by atoms with Crippen LogP contribution in [0.2, 0.25) is 0 Å². The van der Waals surface area contributed by atoms with E-state index < -0.39 is 0 Å². The SMILES string of the molecule is CCCc1nnc(-c2ccc(OCC(=O)N3CCCC3)cc2)o1. The topological polar surface area (TPSA) is 68.5 Å². The Hall–Kier alpha value is -2.37. The molecule has 0 aliphatic carbocycles. The zero-order valence-corrected chi connectivity index (χ0v) is 13.3. The Morgan fingerprint density at radius 1 is 1.22 bits per heavy atom. The smallest absolute Gasteiger partial charge is 0.260 e. The minimum atomic E-state index is 0.0488. The van der Waals surface area contributed by atoms with Crippen LogP contribution in [0.4, 0.5) is 0 Å². The van der Waals surface area contributed by atoms with Crippen molar-refractivity contribution < 1.29 is 13.9 Å². The number of hydrogen-bond acceptors (Lipinski definition) is 5. The molecule has 122 valence electrons. The van der Waals surface area contributed by atoms with Crippen LogP contribution in [0.5, 0.6) is 5.75 Å². The quantitative estimate of drug-likeness (QED) is 0.820. The van der Waals surface area contributed by atoms with Crippen molar-refractivity contribution in [3.05, 3.63) is 30.2 Å². The van der Waals surface area contributed by atoms with E-state index in [0.29, 0.717) is 17.5 Å². The molecule has 1 amide bonds. The van der Waals surface area contributed by atoms with Crippen LogP contribution in [-0.2, 0) is 11.2 Å². The minimum absolute atomic E-state index is 0.0488. The third kappa shape index (κ3) is 3.88. The molecule has 3 rings (SSSR count). The Morgan fingerprint density at radius 2 is 1.96 bits per heavy atom. The first-order chi connectivity index (χ1) is 11.3. The summed E-state index contributed by atoms with van der Waals surface area (Å²) in [5.41, 5.74) is 0.845. The van der Waals surface area contributed by atoms with Gasteiger partial charge in [-0.25, -0.2) is 0 Å². The average molecular weight is 315 g/mol. The second-order valence-electron chi connectivity index (χ2n) is 5.65. The lowest BCUT2D eigenvalue weighted by atomic mass is 10.2. The van der Waals surface area contributed by atoms with Gasteiger partial charge in [0.1, 0.15) is 5.75 Å². The van der Waals surface area contributed by atoms with E-state index >= 15 is 0 Å². The number of hydrogen-bond donors (Lipinski definition) is 0. The van der Waals surface area contributed by atoms with E-state index in [-0.39, 0.29) is 12.5 Å². The second-order valence-corrected chi connectivity index (χ2v) is 5.65. The molecule has 0 bridgehead atoms. The van der Waals surface area contributed by atoms with Crippen molar-refractivity contribution in [2.24, 2.45) is 0 Å². The van der Waals surface area contributed by atoms with Gasteiger partial charge >= 0.3 is 0 Å². The fraction of sp³-hybridized carbons (Fsp3) is 0.471. The first-order valence-electron chi connectivity index (χ1n) is 8.09. The van der Waals surface area contributed by atoms with E-state index in [2.05, 4.69) is 17.1 Å². The molecule has 0 N–H and O–H groups in total. The summed E-state index contributed by atoms with van der Waals surface area (Å²) >= 11 is 0. The Morgan fingerprint density at radius 3 is 2.65 bits per heavy atom. The van der Waals surface area contributed by atoms with Gasteiger partial charge in [-0.15, -0.1) is 10.2 Å². The maximum Gasteiger partial charge on any atom is 0.260 e. The van der Waals surface area contributed by atoms with Gasteiger partial charge in [-0.05, 0) is 43.5 Å². The zero-order chi connectivity index (χ0) is 16.1. The summed E-state index contributed by atoms with van der Waals surface area (Å²) in [5, 5.41) is 8.05. The predicted molar refractivity (Wildman–Crippen MR) is 85.0 cm³/mol. The first-order valence-corrected chi connectivity index (χ1v) is 8.09. The molecule has 0 saturated carbocycles. The number of carbonyl (C=O) groups is 1. The van der Waals surface area contributed by atoms with E-state index in [9.17, 15) is 4.79 Å². The van der Waals surface area contributed by atoms with E-state index in [4.69, 9.17) is 9.15 Å². The van der Waals surface area contributed by atoms with Crippen molar-refractivity contribution in [3.8, 4) is 17.2 Å². The first kappa shape index (κ1) is 15.5. The molecule has 6 heteroatoms. The molecular weight excluding hydrogens is 294 g/mol. The standard InChI is InChI=1S/C17H21N3O3/c1-2-5-15-18-19-17(23-15)13-6-8-14(9-7-13)22-12-16(21)20-10-3-4-11-20/h6-9H,2-5,10-12H2,1H3. The normalized spacial score (nSPS) is 14.2. The molecule has 1 saturated heterocycles. The maximum absolute atomic E-state index is 11.9. The number of aryl methyl sites for hydroxylation is 1. The third-order valence-corrected chi connectivity index (χ3v) is 3.85. The lowest BCUT2D eigenvalue weighted by molar-refractivity contribution is -0.132. The van der Waals surface area contributed by atoms with Gasteiger partial charge in [-0.3, -0.25) is 4.79 Å². The van der Waals surface area contributed by atoms with Gasteiger partial charge in [0.2, 0.25) is 11.8 Å². The Balaban J connectivity index is 1.56. The van der Waals surface area contributed by atoms with Gasteiger partial charge in [0.15, 0.2) is 6.61 Å². The minimum Gasteiger partial charge on any atom is -0.484 e. The monoisotopic (exact) mass is 315 g/mol. The molecular formula is C17H21N3O3. The highest BCUT2D eigenvalue weighted by molar-refractivity contribution is 5.78. The fourth-order valence-corrected chi connectivity index (χ4v) is 2.58. The van der Waals surface area contributed by atoms with Gasteiger partial charge in [0.05, 0.1) is 0 Å². The van der Waals surface area contributed by atoms with E-state index in [0.717, 1.165) is 44.3 Å². The maximum atomic E-state index is 11.9. The average Bonchev–Trinajstić information content (AvgIpc) is 3.25. The van der Waals surface area contributed by atoms with Crippen molar-refractivity contribution in [1.82, 2.24) is 15.1 Å². The van der Waals surface area contributed by atoms with Crippen LogP contribution in [0.3, 0.4) is 0 Å². The van der Waals surface area contributed by atoms with Gasteiger partial charge in [0.25, 0.3) is 5.91 Å². The Labute approximate surface area is 135 Å². The van der Waals surface area contributed by atoms with E-state index in [1.165, 1.54) is 0 Å². The molecule has 0 atom stereocenters. The molecule has 0 unspecified atom stereocenters. The highest BCUT2D eigenvalue weighted by Gasteiger charge is 2.18. The second kappa shape index (κ2) is 7.26. The van der Waals surface area contributed by atoms with Gasteiger partial charge in [-0.1, -0.05) is 6.92 Å². The summed E-state index contributed by atoms with van der Waals surface area (Å²) < 4.78 is 11.1. The molecule has 23 heavy (non-hydrogen) atoms. The Kier molecular flexibility index (Phi) is 4.90. The Bertz CT molecular complexity index is 645. The molecule has 1 aromatic carbocycles. The molecule has 1 aliphatic rings. The summed E-state index contributed by atoms with van der Waals surface area (Å²) in [4.78, 5) is 13.8. The summed E-state index contributed by atoms with van der Waals surface area (Å²) in [6.45, 7) is 3.84. The molecule has 1 fully saturated rings. The third-order valence-electron chi connectivity index (χ3n) is 3.85. The largest absolute Gasteiger partial charge is 0.484 e. The van der Waals surface area contributed by atoms with Crippen LogP contribution in [-0.4, -0.2) is 40.7 Å². The van der Waals surface area contributed by atoms with Crippen LogP contribution in [0.15, 0.2) is 28.7 Å². The lowest BCUT2D eigenvalue weighted by Crippen LogP contribution is -2.32. The number of benzene rings is 1. The van der Waals surface area contributed by atoms with Gasteiger partial charge < -0.3 is 14.1 Å². The predicted octanol–water partition coefficient (Wildman–Crippen LogP) is 2.69. The van der Waals surface area contributed by atoms with Crippen molar-refractivity contribution in [2.45, 2.75) is 32.6 Å². The molecule has 0 radical (unpaired) electrons. The fourth-order valence-electron chi connectivity index (χ4n) is 2.58. The highest BCUT2D eigenvalue weighted by Crippen LogP contribution is 2.22. The number of likely N-dealkylation sites (tertiary alicyclic amines) is 1. The molecule has 6 nitrogen and oxygen atoms in total. The van der Waals surface area contributed by atoms with Crippen LogP contribution >= 0.6 is 0 Å². The highest BCUT2D eigenvalue weighted by atomic mass is 16.5. The molecule has 0 spiro atoms. The summed E-state index contributed by atoms with van der Waals surface area (Å²) in [7, 11) is 0. The van der Waals surface area contributed by atoms with Crippen molar-refractivity contribution in [1.29, 1.82) is 0 Å². The van der Waals surface area contributed by atoms with E-state index in [1.807, 2.05) is 29.2 Å². The van der Waals surface area contributed by atoms with Crippen LogP contribution in [0, 0.1) is 0 Å². The molecule has 1 aliphatic heterocycles. The number of carbonyl (C=O) groups excluding carboxylic acids is 1. The number of rotatable bonds is 6. The lowest BCUT2D eigenvalue weighted by Gasteiger charge is -2.15. The van der Waals surface area contributed by atoms with Crippen molar-refractivity contribution in [2.75, 3.05) is 19.7 Å². The summed E-state index contributed by atoms with van der Waals surface area (Å²) in [5.74, 6) is 1.87. The molecule has 1 aromatic heterocycles. The van der Waals surface area contributed by atoms with E-state index in [1.54, 1.807) is 0 Å². The number of aromatic nitrogens is 2. The number of ether oxygens (including phenoxy) is 1. The summed E-state index contributed by atoms with van der Waals surface area (Å²) in [6, 6.07) is 7.35. The zero-order valence-electron chi connectivity index (χ0n) is 13.3. The van der Waals surface area contributed by atoms with Gasteiger partial charge in [-0.2, -0.15) is 0 Å². The van der Waals surface area contributed by atoms with Gasteiger partial charge in [0, 0.05) is 25.1 Å². The van der Waals surface area contributed by atoms with Crippen LogP contribution in [0.1, 0.15) is 32.1 Å². The van der Waals surface area contributed by atoms with Crippen LogP contribution in [0.25, 0.3) is 11.5 Å². The van der Waals surface area contributed by atoms with Crippen LogP contribution < -0.4 is 4.74 Å². The number of nitrogens with zero attached hydrogens (tertiary/aromatic N) is 3. The van der Waals surface area contributed by atoms with Crippen molar-refractivity contribution in [3.63, 3.8) is 0 Å². The molecule has 2 aromatic rings. The summed E-state index contributed by atoms with van der Waals surface area (Å²) in [6.07, 6.45) is 3.93.